The Labute approximate surface area is 107 Å². The number of halogens is 1. The average Bonchev–Trinajstić information content (AvgIpc) is 2.84. The predicted octanol–water partition coefficient (Wildman–Crippen LogP) is 3.32. The van der Waals surface area contributed by atoms with Crippen molar-refractivity contribution in [1.29, 1.82) is 0 Å². The number of benzene rings is 1. The molecule has 6 heteroatoms. The molecule has 1 N–H and O–H groups in total. The van der Waals surface area contributed by atoms with Gasteiger partial charge >= 0.3 is 0 Å². The van der Waals surface area contributed by atoms with Gasteiger partial charge in [-0.1, -0.05) is 6.07 Å². The molecule has 94 valence electrons. The molecule has 4 nitrogen and oxygen atoms in total. The highest BCUT2D eigenvalue weighted by Gasteiger charge is 2.18. The quantitative estimate of drug-likeness (QED) is 0.667. The third kappa shape index (κ3) is 3.27. The number of anilines is 1. The van der Waals surface area contributed by atoms with Gasteiger partial charge in [-0.15, -0.1) is 11.3 Å². The zero-order valence-corrected chi connectivity index (χ0v) is 10.2. The van der Waals surface area contributed by atoms with Gasteiger partial charge in [0.15, 0.2) is 0 Å². The molecule has 1 heterocycles. The minimum absolute atomic E-state index is 0.210. The van der Waals surface area contributed by atoms with Gasteiger partial charge in [-0.25, -0.2) is 4.39 Å². The fourth-order valence-corrected chi connectivity index (χ4v) is 2.36. The van der Waals surface area contributed by atoms with Crippen molar-refractivity contribution >= 4 is 17.0 Å². The molecule has 0 radical (unpaired) electrons. The van der Waals surface area contributed by atoms with E-state index in [1.165, 1.54) is 23.5 Å². The molecule has 0 fully saturated rings. The van der Waals surface area contributed by atoms with Gasteiger partial charge in [-0.3, -0.25) is 10.1 Å². The first-order valence-electron chi connectivity index (χ1n) is 5.32. The second kappa shape index (κ2) is 5.59. The molecule has 0 saturated carbocycles. The molecule has 18 heavy (non-hydrogen) atoms. The van der Waals surface area contributed by atoms with Crippen LogP contribution in [0.4, 0.5) is 10.1 Å². The van der Waals surface area contributed by atoms with E-state index in [1.54, 1.807) is 12.1 Å². The lowest BCUT2D eigenvalue weighted by atomic mass is 10.2. The van der Waals surface area contributed by atoms with E-state index in [0.29, 0.717) is 5.69 Å². The van der Waals surface area contributed by atoms with Crippen LogP contribution in [-0.4, -0.2) is 11.5 Å². The predicted molar refractivity (Wildman–Crippen MR) is 68.9 cm³/mol. The minimum atomic E-state index is -0.398. The van der Waals surface area contributed by atoms with Crippen LogP contribution in [-0.2, 0) is 0 Å². The summed E-state index contributed by atoms with van der Waals surface area (Å²) in [6.45, 7) is -0.210. The number of rotatable bonds is 5. The number of nitrogens with zero attached hydrogens (tertiary/aromatic N) is 1. The van der Waals surface area contributed by atoms with Crippen molar-refractivity contribution in [2.75, 3.05) is 11.9 Å². The van der Waals surface area contributed by atoms with Crippen LogP contribution >= 0.6 is 11.3 Å². The maximum absolute atomic E-state index is 12.8. The van der Waals surface area contributed by atoms with E-state index in [0.717, 1.165) is 4.88 Å². The molecule has 1 unspecified atom stereocenters. The fourth-order valence-electron chi connectivity index (χ4n) is 1.59. The number of hydrogen-bond acceptors (Lipinski definition) is 4. The van der Waals surface area contributed by atoms with E-state index in [-0.39, 0.29) is 17.3 Å². The molecule has 0 spiro atoms. The van der Waals surface area contributed by atoms with Crippen molar-refractivity contribution in [1.82, 2.24) is 0 Å². The molecule has 0 amide bonds. The van der Waals surface area contributed by atoms with Crippen molar-refractivity contribution in [2.45, 2.75) is 6.04 Å². The lowest BCUT2D eigenvalue weighted by Gasteiger charge is -2.14. The van der Waals surface area contributed by atoms with E-state index in [9.17, 15) is 14.5 Å². The minimum Gasteiger partial charge on any atom is -0.372 e. The Balaban J connectivity index is 2.15. The van der Waals surface area contributed by atoms with E-state index < -0.39 is 6.04 Å². The summed E-state index contributed by atoms with van der Waals surface area (Å²) >= 11 is 1.45. The lowest BCUT2D eigenvalue weighted by Crippen LogP contribution is -2.19. The maximum Gasteiger partial charge on any atom is 0.228 e. The first-order valence-corrected chi connectivity index (χ1v) is 6.20. The monoisotopic (exact) mass is 266 g/mol. The molecule has 1 aromatic heterocycles. The van der Waals surface area contributed by atoms with E-state index >= 15 is 0 Å². The van der Waals surface area contributed by atoms with Gasteiger partial charge in [0.05, 0.1) is 0 Å². The summed E-state index contributed by atoms with van der Waals surface area (Å²) in [5.74, 6) is -0.331. The van der Waals surface area contributed by atoms with Crippen LogP contribution in [0.15, 0.2) is 41.8 Å². The average molecular weight is 266 g/mol. The van der Waals surface area contributed by atoms with Crippen LogP contribution < -0.4 is 5.32 Å². The Morgan fingerprint density at radius 3 is 2.61 bits per heavy atom. The van der Waals surface area contributed by atoms with Crippen molar-refractivity contribution < 1.29 is 9.31 Å². The molecule has 0 aliphatic heterocycles. The summed E-state index contributed by atoms with van der Waals surface area (Å²) in [5, 5.41) is 15.6. The van der Waals surface area contributed by atoms with Crippen LogP contribution in [0, 0.1) is 15.9 Å². The Kier molecular flexibility index (Phi) is 3.88. The maximum atomic E-state index is 12.8. The first-order chi connectivity index (χ1) is 8.65. The molecular weight excluding hydrogens is 255 g/mol. The van der Waals surface area contributed by atoms with Crippen molar-refractivity contribution in [2.24, 2.45) is 0 Å². The summed E-state index contributed by atoms with van der Waals surface area (Å²) in [6.07, 6.45) is 0. The summed E-state index contributed by atoms with van der Waals surface area (Å²) in [4.78, 5) is 11.2. The van der Waals surface area contributed by atoms with Crippen LogP contribution in [0.2, 0.25) is 0 Å². The number of thiophene rings is 1. The molecule has 0 aliphatic carbocycles. The van der Waals surface area contributed by atoms with Gasteiger partial charge in [-0.05, 0) is 35.7 Å². The normalized spacial score (nSPS) is 12.1. The highest BCUT2D eigenvalue weighted by Crippen LogP contribution is 2.23. The van der Waals surface area contributed by atoms with Crippen molar-refractivity contribution in [3.8, 4) is 0 Å². The smallest absolute Gasteiger partial charge is 0.228 e. The topological polar surface area (TPSA) is 55.2 Å². The Morgan fingerprint density at radius 2 is 2.06 bits per heavy atom. The molecular formula is C12H11FN2O2S. The summed E-state index contributed by atoms with van der Waals surface area (Å²) in [7, 11) is 0. The Morgan fingerprint density at radius 1 is 1.33 bits per heavy atom. The molecule has 0 saturated heterocycles. The van der Waals surface area contributed by atoms with Gasteiger partial charge in [0.1, 0.15) is 11.9 Å². The zero-order chi connectivity index (χ0) is 13.0. The number of hydrogen-bond donors (Lipinski definition) is 1. The largest absolute Gasteiger partial charge is 0.372 e. The number of nitrogens with one attached hydrogen (secondary N) is 1. The molecule has 2 aromatic rings. The molecule has 1 atom stereocenters. The Hall–Kier alpha value is -1.95. The van der Waals surface area contributed by atoms with Gasteiger partial charge in [0.2, 0.25) is 6.54 Å². The summed E-state index contributed by atoms with van der Waals surface area (Å²) in [5.41, 5.74) is 0.664. The van der Waals surface area contributed by atoms with Crippen LogP contribution in [0.25, 0.3) is 0 Å². The third-order valence-electron chi connectivity index (χ3n) is 2.40. The summed E-state index contributed by atoms with van der Waals surface area (Å²) < 4.78 is 12.8. The lowest BCUT2D eigenvalue weighted by molar-refractivity contribution is -0.482. The van der Waals surface area contributed by atoms with Gasteiger partial charge in [0, 0.05) is 15.5 Å². The molecule has 2 rings (SSSR count). The van der Waals surface area contributed by atoms with Crippen LogP contribution in [0.3, 0.4) is 0 Å². The van der Waals surface area contributed by atoms with Crippen LogP contribution in [0.1, 0.15) is 10.9 Å². The van der Waals surface area contributed by atoms with Crippen LogP contribution in [0.5, 0.6) is 0 Å². The second-order valence-electron chi connectivity index (χ2n) is 3.73. The van der Waals surface area contributed by atoms with Gasteiger partial charge in [0.25, 0.3) is 0 Å². The van der Waals surface area contributed by atoms with E-state index in [2.05, 4.69) is 5.32 Å². The van der Waals surface area contributed by atoms with Gasteiger partial charge < -0.3 is 5.32 Å². The van der Waals surface area contributed by atoms with E-state index in [4.69, 9.17) is 0 Å². The van der Waals surface area contributed by atoms with Crippen molar-refractivity contribution in [3.63, 3.8) is 0 Å². The van der Waals surface area contributed by atoms with Crippen molar-refractivity contribution in [3.05, 3.63) is 62.6 Å². The SMILES string of the molecule is O=[N+]([O-])CC(Nc1ccc(F)cc1)c1cccs1. The van der Waals surface area contributed by atoms with E-state index in [1.807, 2.05) is 17.5 Å². The highest BCUT2D eigenvalue weighted by molar-refractivity contribution is 7.10. The Bertz CT molecular complexity index is 513. The van der Waals surface area contributed by atoms with Gasteiger partial charge in [-0.2, -0.15) is 0 Å². The number of nitro groups is 1. The standard InChI is InChI=1S/C12H11FN2O2S/c13-9-3-5-10(6-4-9)14-11(8-15(16)17)12-2-1-7-18-12/h1-7,11,14H,8H2. The third-order valence-corrected chi connectivity index (χ3v) is 3.39. The highest BCUT2D eigenvalue weighted by atomic mass is 32.1. The zero-order valence-electron chi connectivity index (χ0n) is 9.38. The first kappa shape index (κ1) is 12.5. The fraction of sp³-hybridized carbons (Fsp3) is 0.167. The molecule has 0 aliphatic rings. The molecule has 0 bridgehead atoms. The summed E-state index contributed by atoms with van der Waals surface area (Å²) in [6, 6.07) is 9.06. The molecule has 1 aromatic carbocycles. The second-order valence-corrected chi connectivity index (χ2v) is 4.71.